The molecule has 2 rings (SSSR count). The largest absolute Gasteiger partial charge is 0.356 e. The van der Waals surface area contributed by atoms with Crippen molar-refractivity contribution in [1.82, 2.24) is 5.32 Å². The average molecular weight is 245 g/mol. The first kappa shape index (κ1) is 12.9. The number of benzene rings is 1. The van der Waals surface area contributed by atoms with Gasteiger partial charge in [-0.15, -0.1) is 0 Å². The van der Waals surface area contributed by atoms with E-state index in [1.165, 1.54) is 30.5 Å². The van der Waals surface area contributed by atoms with Crippen LogP contribution in [0.2, 0.25) is 0 Å². The minimum atomic E-state index is 1.01. The molecule has 0 atom stereocenters. The predicted octanol–water partition coefficient (Wildman–Crippen LogP) is 2.81. The molecule has 3 nitrogen and oxygen atoms in total. The summed E-state index contributed by atoms with van der Waals surface area (Å²) in [5.74, 6) is 1.01. The summed E-state index contributed by atoms with van der Waals surface area (Å²) in [6.07, 6.45) is 4.87. The number of unbranched alkanes of at least 4 members (excludes halogenated alkanes) is 2. The zero-order valence-corrected chi connectivity index (χ0v) is 11.4. The molecule has 1 heterocycles. The molecule has 0 spiro atoms. The van der Waals surface area contributed by atoms with Crippen LogP contribution in [0, 0.1) is 0 Å². The number of hydrogen-bond acceptors (Lipinski definition) is 1. The molecule has 0 radical (unpaired) electrons. The van der Waals surface area contributed by atoms with E-state index < -0.39 is 0 Å². The molecular formula is C15H23N3. The molecule has 18 heavy (non-hydrogen) atoms. The number of hydrogen-bond donors (Lipinski definition) is 1. The highest BCUT2D eigenvalue weighted by molar-refractivity contribution is 5.97. The Morgan fingerprint density at radius 2 is 2.17 bits per heavy atom. The SMILES string of the molecule is CCCCCNC(=NC)N1CCc2ccccc21. The van der Waals surface area contributed by atoms with Gasteiger partial charge in [-0.2, -0.15) is 0 Å². The van der Waals surface area contributed by atoms with Gasteiger partial charge >= 0.3 is 0 Å². The van der Waals surface area contributed by atoms with Crippen LogP contribution in [0.4, 0.5) is 5.69 Å². The van der Waals surface area contributed by atoms with E-state index >= 15 is 0 Å². The molecule has 1 aliphatic heterocycles. The molecular weight excluding hydrogens is 222 g/mol. The van der Waals surface area contributed by atoms with Gasteiger partial charge in [0.1, 0.15) is 0 Å². The number of guanidine groups is 1. The average Bonchev–Trinajstić information content (AvgIpc) is 2.83. The van der Waals surface area contributed by atoms with Crippen molar-refractivity contribution in [2.75, 3.05) is 25.0 Å². The van der Waals surface area contributed by atoms with Gasteiger partial charge in [-0.25, -0.2) is 0 Å². The van der Waals surface area contributed by atoms with E-state index in [9.17, 15) is 0 Å². The molecule has 0 bridgehead atoms. The topological polar surface area (TPSA) is 27.6 Å². The van der Waals surface area contributed by atoms with Crippen molar-refractivity contribution in [1.29, 1.82) is 0 Å². The molecule has 0 saturated carbocycles. The van der Waals surface area contributed by atoms with Gasteiger partial charge in [0.2, 0.25) is 0 Å². The maximum atomic E-state index is 4.40. The Morgan fingerprint density at radius 1 is 1.33 bits per heavy atom. The van der Waals surface area contributed by atoms with Gasteiger partial charge in [0.15, 0.2) is 5.96 Å². The van der Waals surface area contributed by atoms with E-state index in [4.69, 9.17) is 0 Å². The third-order valence-corrected chi connectivity index (χ3v) is 3.42. The fourth-order valence-corrected chi connectivity index (χ4v) is 2.43. The second kappa shape index (κ2) is 6.43. The van der Waals surface area contributed by atoms with Crippen LogP contribution in [0.1, 0.15) is 31.7 Å². The molecule has 0 saturated heterocycles. The van der Waals surface area contributed by atoms with Gasteiger partial charge in [-0.05, 0) is 24.5 Å². The summed E-state index contributed by atoms with van der Waals surface area (Å²) < 4.78 is 0. The molecule has 0 fully saturated rings. The molecule has 0 amide bonds. The molecule has 98 valence electrons. The van der Waals surface area contributed by atoms with Crippen LogP contribution in [0.5, 0.6) is 0 Å². The zero-order chi connectivity index (χ0) is 12.8. The standard InChI is InChI=1S/C15H23N3/c1-3-4-7-11-17-15(16-2)18-12-10-13-8-5-6-9-14(13)18/h5-6,8-9H,3-4,7,10-12H2,1-2H3,(H,16,17). The third kappa shape index (κ3) is 2.84. The highest BCUT2D eigenvalue weighted by atomic mass is 15.3. The van der Waals surface area contributed by atoms with Crippen molar-refractivity contribution >= 4 is 11.6 Å². The van der Waals surface area contributed by atoms with Crippen LogP contribution in [-0.4, -0.2) is 26.1 Å². The lowest BCUT2D eigenvalue weighted by molar-refractivity contribution is 0.690. The first-order chi connectivity index (χ1) is 8.86. The lowest BCUT2D eigenvalue weighted by atomic mass is 10.2. The monoisotopic (exact) mass is 245 g/mol. The van der Waals surface area contributed by atoms with Crippen molar-refractivity contribution < 1.29 is 0 Å². The minimum absolute atomic E-state index is 1.01. The van der Waals surface area contributed by atoms with E-state index in [-0.39, 0.29) is 0 Å². The maximum absolute atomic E-state index is 4.40. The number of rotatable bonds is 4. The van der Waals surface area contributed by atoms with Gasteiger partial charge in [-0.1, -0.05) is 38.0 Å². The Morgan fingerprint density at radius 3 is 2.94 bits per heavy atom. The Balaban J connectivity index is 1.98. The summed E-state index contributed by atoms with van der Waals surface area (Å²) in [6.45, 7) is 4.28. The van der Waals surface area contributed by atoms with Gasteiger partial charge in [-0.3, -0.25) is 4.99 Å². The molecule has 1 aliphatic rings. The fraction of sp³-hybridized carbons (Fsp3) is 0.533. The number of nitrogens with one attached hydrogen (secondary N) is 1. The van der Waals surface area contributed by atoms with Crippen LogP contribution in [-0.2, 0) is 6.42 Å². The summed E-state index contributed by atoms with van der Waals surface area (Å²) in [5, 5.41) is 3.46. The van der Waals surface area contributed by atoms with Gasteiger partial charge in [0.25, 0.3) is 0 Å². The zero-order valence-electron chi connectivity index (χ0n) is 11.4. The summed E-state index contributed by atoms with van der Waals surface area (Å²) >= 11 is 0. The number of para-hydroxylation sites is 1. The van der Waals surface area contributed by atoms with E-state index in [0.29, 0.717) is 0 Å². The molecule has 1 aromatic rings. The van der Waals surface area contributed by atoms with Crippen LogP contribution in [0.3, 0.4) is 0 Å². The highest BCUT2D eigenvalue weighted by Gasteiger charge is 2.21. The Kier molecular flexibility index (Phi) is 4.62. The fourth-order valence-electron chi connectivity index (χ4n) is 2.43. The molecule has 1 N–H and O–H groups in total. The molecule has 1 aromatic carbocycles. The third-order valence-electron chi connectivity index (χ3n) is 3.42. The summed E-state index contributed by atoms with van der Waals surface area (Å²) in [4.78, 5) is 6.69. The van der Waals surface area contributed by atoms with E-state index in [1.54, 1.807) is 0 Å². The lowest BCUT2D eigenvalue weighted by Crippen LogP contribution is -2.40. The first-order valence-electron chi connectivity index (χ1n) is 6.93. The number of fused-ring (bicyclic) bond motifs is 1. The van der Waals surface area contributed by atoms with Crippen LogP contribution < -0.4 is 10.2 Å². The summed E-state index contributed by atoms with van der Waals surface area (Å²) in [5.41, 5.74) is 2.73. The predicted molar refractivity (Wildman–Crippen MR) is 78.4 cm³/mol. The van der Waals surface area contributed by atoms with Crippen molar-refractivity contribution in [3.05, 3.63) is 29.8 Å². The van der Waals surface area contributed by atoms with E-state index in [2.05, 4.69) is 46.4 Å². The highest BCUT2D eigenvalue weighted by Crippen LogP contribution is 2.27. The maximum Gasteiger partial charge on any atom is 0.198 e. The number of nitrogens with zero attached hydrogens (tertiary/aromatic N) is 2. The minimum Gasteiger partial charge on any atom is -0.356 e. The lowest BCUT2D eigenvalue weighted by Gasteiger charge is -2.22. The van der Waals surface area contributed by atoms with Crippen LogP contribution >= 0.6 is 0 Å². The quantitative estimate of drug-likeness (QED) is 0.502. The van der Waals surface area contributed by atoms with Crippen molar-refractivity contribution in [2.24, 2.45) is 4.99 Å². The van der Waals surface area contributed by atoms with Gasteiger partial charge < -0.3 is 10.2 Å². The molecule has 0 aliphatic carbocycles. The molecule has 0 unspecified atom stereocenters. The van der Waals surface area contributed by atoms with Crippen LogP contribution in [0.15, 0.2) is 29.3 Å². The van der Waals surface area contributed by atoms with E-state index in [1.807, 2.05) is 7.05 Å². The number of anilines is 1. The van der Waals surface area contributed by atoms with Crippen molar-refractivity contribution in [3.8, 4) is 0 Å². The molecule has 3 heteroatoms. The van der Waals surface area contributed by atoms with Crippen molar-refractivity contribution in [2.45, 2.75) is 32.6 Å². The summed E-state index contributed by atoms with van der Waals surface area (Å²) in [7, 11) is 1.86. The Labute approximate surface area is 110 Å². The Hall–Kier alpha value is -1.51. The summed E-state index contributed by atoms with van der Waals surface area (Å²) in [6, 6.07) is 8.60. The molecule has 0 aromatic heterocycles. The smallest absolute Gasteiger partial charge is 0.198 e. The second-order valence-corrected chi connectivity index (χ2v) is 4.71. The first-order valence-corrected chi connectivity index (χ1v) is 6.93. The normalized spacial score (nSPS) is 14.8. The van der Waals surface area contributed by atoms with Gasteiger partial charge in [0, 0.05) is 25.8 Å². The second-order valence-electron chi connectivity index (χ2n) is 4.71. The van der Waals surface area contributed by atoms with Gasteiger partial charge in [0.05, 0.1) is 0 Å². The van der Waals surface area contributed by atoms with E-state index in [0.717, 1.165) is 25.5 Å². The Bertz CT molecular complexity index is 412. The number of aliphatic imine (C=N–C) groups is 1. The van der Waals surface area contributed by atoms with Crippen molar-refractivity contribution in [3.63, 3.8) is 0 Å². The van der Waals surface area contributed by atoms with Crippen LogP contribution in [0.25, 0.3) is 0 Å².